The number of halogens is 1. The molecule has 0 aliphatic rings. The minimum Gasteiger partial charge on any atom is -0.493 e. The molecule has 1 heterocycles. The lowest BCUT2D eigenvalue weighted by molar-refractivity contribution is 0.0937. The highest BCUT2D eigenvalue weighted by molar-refractivity contribution is 9.10. The summed E-state index contributed by atoms with van der Waals surface area (Å²) in [5.41, 5.74) is 3.55. The Morgan fingerprint density at radius 2 is 1.81 bits per heavy atom. The Labute approximate surface area is 195 Å². The van der Waals surface area contributed by atoms with Crippen molar-refractivity contribution < 1.29 is 14.3 Å². The number of amides is 1. The van der Waals surface area contributed by atoms with Crippen LogP contribution in [0.2, 0.25) is 0 Å². The van der Waals surface area contributed by atoms with Crippen LogP contribution in [0.3, 0.4) is 0 Å². The summed E-state index contributed by atoms with van der Waals surface area (Å²) in [5, 5.41) is 3.07. The van der Waals surface area contributed by atoms with Crippen molar-refractivity contribution in [3.8, 4) is 11.5 Å². The van der Waals surface area contributed by atoms with Crippen LogP contribution in [0.1, 0.15) is 34.7 Å². The zero-order chi connectivity index (χ0) is 22.7. The lowest BCUT2D eigenvalue weighted by Gasteiger charge is -2.17. The first-order valence-corrected chi connectivity index (χ1v) is 11.0. The fourth-order valence-electron chi connectivity index (χ4n) is 3.73. The number of nitrogens with one attached hydrogen (secondary N) is 1. The van der Waals surface area contributed by atoms with Gasteiger partial charge < -0.3 is 19.4 Å². The van der Waals surface area contributed by atoms with Gasteiger partial charge in [0.15, 0.2) is 11.5 Å². The molecule has 32 heavy (non-hydrogen) atoms. The second-order valence-electron chi connectivity index (χ2n) is 7.44. The number of hydrogen-bond acceptors (Lipinski definition) is 4. The van der Waals surface area contributed by atoms with Gasteiger partial charge in [0.05, 0.1) is 31.3 Å². The van der Waals surface area contributed by atoms with Crippen LogP contribution in [-0.4, -0.2) is 29.7 Å². The fraction of sp³-hybridized carbons (Fsp3) is 0.200. The topological polar surface area (TPSA) is 65.4 Å². The van der Waals surface area contributed by atoms with E-state index >= 15 is 0 Å². The summed E-state index contributed by atoms with van der Waals surface area (Å²) in [4.78, 5) is 17.8. The quantitative estimate of drug-likeness (QED) is 0.376. The molecule has 1 amide bonds. The maximum Gasteiger partial charge on any atom is 0.251 e. The number of carbonyl (C=O) groups is 1. The maximum absolute atomic E-state index is 13.0. The van der Waals surface area contributed by atoms with Gasteiger partial charge in [-0.1, -0.05) is 40.2 Å². The van der Waals surface area contributed by atoms with E-state index in [1.54, 1.807) is 32.4 Å². The highest BCUT2D eigenvalue weighted by Crippen LogP contribution is 2.28. The van der Waals surface area contributed by atoms with Crippen molar-refractivity contribution in [1.29, 1.82) is 0 Å². The second kappa shape index (κ2) is 9.44. The summed E-state index contributed by atoms with van der Waals surface area (Å²) in [6.07, 6.45) is 0. The van der Waals surface area contributed by atoms with Crippen molar-refractivity contribution >= 4 is 32.9 Å². The first kappa shape index (κ1) is 21.9. The number of rotatable bonds is 7. The van der Waals surface area contributed by atoms with E-state index in [9.17, 15) is 4.79 Å². The highest BCUT2D eigenvalue weighted by Gasteiger charge is 2.20. The number of methoxy groups -OCH3 is 2. The van der Waals surface area contributed by atoms with Crippen molar-refractivity contribution in [3.05, 3.63) is 88.2 Å². The van der Waals surface area contributed by atoms with Crippen LogP contribution in [0.15, 0.2) is 71.2 Å². The number of nitrogens with zero attached hydrogens (tertiary/aromatic N) is 2. The Morgan fingerprint density at radius 1 is 1.03 bits per heavy atom. The van der Waals surface area contributed by atoms with Gasteiger partial charge in [-0.25, -0.2) is 4.98 Å². The Morgan fingerprint density at radius 3 is 2.56 bits per heavy atom. The molecular weight excluding hydrogens is 470 g/mol. The molecule has 0 fully saturated rings. The van der Waals surface area contributed by atoms with Crippen molar-refractivity contribution in [3.63, 3.8) is 0 Å². The second-order valence-corrected chi connectivity index (χ2v) is 8.36. The van der Waals surface area contributed by atoms with E-state index in [0.717, 1.165) is 26.9 Å². The van der Waals surface area contributed by atoms with E-state index < -0.39 is 0 Å². The van der Waals surface area contributed by atoms with Crippen molar-refractivity contribution in [2.45, 2.75) is 19.5 Å². The number of hydrogen-bond donors (Lipinski definition) is 1. The van der Waals surface area contributed by atoms with Gasteiger partial charge in [0.25, 0.3) is 5.91 Å². The third kappa shape index (κ3) is 4.48. The Balaban J connectivity index is 1.65. The SMILES string of the molecule is COc1ccc(C(=O)NC(C)c2nc3ccccc3n2Cc2cccc(Br)c2)cc1OC. The van der Waals surface area contributed by atoms with Gasteiger partial charge in [-0.15, -0.1) is 0 Å². The van der Waals surface area contributed by atoms with Crippen LogP contribution in [0.25, 0.3) is 11.0 Å². The molecule has 4 rings (SSSR count). The predicted octanol–water partition coefficient (Wildman–Crippen LogP) is 5.36. The van der Waals surface area contributed by atoms with Crippen LogP contribution in [0, 0.1) is 0 Å². The molecule has 0 bridgehead atoms. The van der Waals surface area contributed by atoms with Crippen molar-refractivity contribution in [1.82, 2.24) is 14.9 Å². The van der Waals surface area contributed by atoms with E-state index in [0.29, 0.717) is 23.6 Å². The zero-order valence-corrected chi connectivity index (χ0v) is 19.7. The number of ether oxygens (including phenoxy) is 2. The molecule has 0 saturated heterocycles. The molecule has 164 valence electrons. The number of fused-ring (bicyclic) bond motifs is 1. The number of imidazole rings is 1. The van der Waals surface area contributed by atoms with Gasteiger partial charge in [-0.3, -0.25) is 4.79 Å². The van der Waals surface area contributed by atoms with Gasteiger partial charge in [0, 0.05) is 16.6 Å². The van der Waals surface area contributed by atoms with Crippen LogP contribution < -0.4 is 14.8 Å². The molecule has 4 aromatic rings. The van der Waals surface area contributed by atoms with E-state index in [1.165, 1.54) is 0 Å². The average molecular weight is 494 g/mol. The molecule has 1 N–H and O–H groups in total. The molecule has 0 aliphatic carbocycles. The lowest BCUT2D eigenvalue weighted by atomic mass is 10.1. The third-order valence-corrected chi connectivity index (χ3v) is 5.79. The normalized spacial score (nSPS) is 11.9. The molecule has 0 radical (unpaired) electrons. The molecular formula is C25H24BrN3O3. The number of benzene rings is 3. The van der Waals surface area contributed by atoms with E-state index in [2.05, 4.69) is 37.9 Å². The standard InChI is InChI=1S/C25H24BrN3O3/c1-16(27-25(30)18-11-12-22(31-2)23(14-18)32-3)24-28-20-9-4-5-10-21(20)29(24)15-17-7-6-8-19(26)13-17/h4-14,16H,15H2,1-3H3,(H,27,30). The van der Waals surface area contributed by atoms with Crippen LogP contribution in [-0.2, 0) is 6.54 Å². The van der Waals surface area contributed by atoms with Gasteiger partial charge in [-0.2, -0.15) is 0 Å². The van der Waals surface area contributed by atoms with Crippen LogP contribution in [0.4, 0.5) is 0 Å². The summed E-state index contributed by atoms with van der Waals surface area (Å²) in [6.45, 7) is 2.59. The van der Waals surface area contributed by atoms with E-state index in [1.807, 2.05) is 43.3 Å². The molecule has 0 aliphatic heterocycles. The number of carbonyl (C=O) groups excluding carboxylic acids is 1. The molecule has 1 unspecified atom stereocenters. The smallest absolute Gasteiger partial charge is 0.251 e. The average Bonchev–Trinajstić information content (AvgIpc) is 3.17. The predicted molar refractivity (Wildman–Crippen MR) is 128 cm³/mol. The third-order valence-electron chi connectivity index (χ3n) is 5.29. The number of para-hydroxylation sites is 2. The first-order chi connectivity index (χ1) is 15.5. The molecule has 1 aromatic heterocycles. The summed E-state index contributed by atoms with van der Waals surface area (Å²) in [7, 11) is 3.11. The minimum absolute atomic E-state index is 0.209. The largest absolute Gasteiger partial charge is 0.493 e. The summed E-state index contributed by atoms with van der Waals surface area (Å²) < 4.78 is 13.8. The molecule has 0 spiro atoms. The van der Waals surface area contributed by atoms with Gasteiger partial charge in [-0.05, 0) is 55.0 Å². The minimum atomic E-state index is -0.310. The van der Waals surface area contributed by atoms with E-state index in [-0.39, 0.29) is 11.9 Å². The summed E-state index contributed by atoms with van der Waals surface area (Å²) >= 11 is 3.54. The Bertz CT molecular complexity index is 1270. The Hall–Kier alpha value is -3.32. The van der Waals surface area contributed by atoms with Crippen molar-refractivity contribution in [2.24, 2.45) is 0 Å². The molecule has 0 saturated carbocycles. The van der Waals surface area contributed by atoms with Gasteiger partial charge in [0.1, 0.15) is 5.82 Å². The fourth-order valence-corrected chi connectivity index (χ4v) is 4.18. The molecule has 7 heteroatoms. The first-order valence-electron chi connectivity index (χ1n) is 10.2. The van der Waals surface area contributed by atoms with Crippen molar-refractivity contribution in [2.75, 3.05) is 14.2 Å². The van der Waals surface area contributed by atoms with Gasteiger partial charge >= 0.3 is 0 Å². The summed E-state index contributed by atoms with van der Waals surface area (Å²) in [5.74, 6) is 1.67. The van der Waals surface area contributed by atoms with E-state index in [4.69, 9.17) is 14.5 Å². The molecule has 3 aromatic carbocycles. The van der Waals surface area contributed by atoms with Gasteiger partial charge in [0.2, 0.25) is 0 Å². The number of aromatic nitrogens is 2. The molecule has 1 atom stereocenters. The Kier molecular flexibility index (Phi) is 6.46. The molecule has 6 nitrogen and oxygen atoms in total. The maximum atomic E-state index is 13.0. The summed E-state index contributed by atoms with van der Waals surface area (Å²) in [6, 6.07) is 21.0. The monoisotopic (exact) mass is 493 g/mol. The van der Waals surface area contributed by atoms with Crippen LogP contribution in [0.5, 0.6) is 11.5 Å². The highest BCUT2D eigenvalue weighted by atomic mass is 79.9. The zero-order valence-electron chi connectivity index (χ0n) is 18.1. The lowest BCUT2D eigenvalue weighted by Crippen LogP contribution is -2.29. The van der Waals surface area contributed by atoms with Crippen LogP contribution >= 0.6 is 15.9 Å².